The van der Waals surface area contributed by atoms with E-state index in [1.165, 1.54) is 0 Å². The lowest BCUT2D eigenvalue weighted by Crippen LogP contribution is -2.35. The molecular formula is C17H23F2N3O2. The number of halogens is 2. The molecule has 1 amide bonds. The van der Waals surface area contributed by atoms with E-state index >= 15 is 0 Å². The van der Waals surface area contributed by atoms with Gasteiger partial charge in [0.25, 0.3) is 0 Å². The monoisotopic (exact) mass is 339 g/mol. The second-order valence-electron chi connectivity index (χ2n) is 6.65. The molecule has 1 aliphatic carbocycles. The minimum Gasteiger partial charge on any atom is -0.370 e. The number of rotatable bonds is 4. The van der Waals surface area contributed by atoms with Gasteiger partial charge in [0.05, 0.1) is 0 Å². The van der Waals surface area contributed by atoms with Gasteiger partial charge in [0.15, 0.2) is 5.82 Å². The highest BCUT2D eigenvalue weighted by molar-refractivity contribution is 5.78. The van der Waals surface area contributed by atoms with Crippen LogP contribution >= 0.6 is 0 Å². The molecular weight excluding hydrogens is 316 g/mol. The summed E-state index contributed by atoms with van der Waals surface area (Å²) >= 11 is 0. The van der Waals surface area contributed by atoms with E-state index in [2.05, 4.69) is 15.3 Å². The summed E-state index contributed by atoms with van der Waals surface area (Å²) in [4.78, 5) is 20.7. The van der Waals surface area contributed by atoms with Crippen molar-refractivity contribution < 1.29 is 18.3 Å². The molecule has 7 heteroatoms. The van der Waals surface area contributed by atoms with Crippen molar-refractivity contribution in [3.05, 3.63) is 23.8 Å². The predicted molar refractivity (Wildman–Crippen MR) is 83.3 cm³/mol. The van der Waals surface area contributed by atoms with Gasteiger partial charge in [-0.05, 0) is 32.1 Å². The number of nitrogens with one attached hydrogen (secondary N) is 1. The fraction of sp³-hybridized carbons (Fsp3) is 0.706. The van der Waals surface area contributed by atoms with Crippen LogP contribution in [0.15, 0.2) is 12.4 Å². The topological polar surface area (TPSA) is 64.1 Å². The second kappa shape index (κ2) is 7.51. The number of amides is 1. The molecule has 0 spiro atoms. The highest BCUT2D eigenvalue weighted by Crippen LogP contribution is 2.36. The van der Waals surface area contributed by atoms with Crippen LogP contribution < -0.4 is 5.32 Å². The molecule has 1 aromatic heterocycles. The van der Waals surface area contributed by atoms with E-state index in [0.717, 1.165) is 31.4 Å². The summed E-state index contributed by atoms with van der Waals surface area (Å²) in [6.45, 7) is 1.06. The molecule has 2 fully saturated rings. The molecule has 132 valence electrons. The Morgan fingerprint density at radius 1 is 1.21 bits per heavy atom. The number of carbonyl (C=O) groups excluding carboxylic acids is 1. The Morgan fingerprint density at radius 3 is 2.54 bits per heavy atom. The molecule has 1 saturated carbocycles. The van der Waals surface area contributed by atoms with Crippen LogP contribution in [0.25, 0.3) is 0 Å². The average Bonchev–Trinajstić information content (AvgIpc) is 2.61. The molecule has 24 heavy (non-hydrogen) atoms. The Hall–Kier alpha value is -1.63. The first kappa shape index (κ1) is 17.2. The summed E-state index contributed by atoms with van der Waals surface area (Å²) in [6, 6.07) is 0. The van der Waals surface area contributed by atoms with E-state index in [9.17, 15) is 13.6 Å². The smallest absolute Gasteiger partial charge is 0.248 e. The minimum atomic E-state index is -2.61. The lowest BCUT2D eigenvalue weighted by atomic mass is 9.86. The maximum atomic E-state index is 13.1. The van der Waals surface area contributed by atoms with E-state index < -0.39 is 5.92 Å². The first-order chi connectivity index (χ1) is 11.5. The van der Waals surface area contributed by atoms with E-state index in [1.807, 2.05) is 0 Å². The number of nitrogens with zero attached hydrogens (tertiary/aromatic N) is 2. The van der Waals surface area contributed by atoms with Gasteiger partial charge in [-0.3, -0.25) is 4.79 Å². The summed E-state index contributed by atoms with van der Waals surface area (Å²) in [5.41, 5.74) is 0.795. The molecule has 1 N–H and O–H groups in total. The summed E-state index contributed by atoms with van der Waals surface area (Å²) in [5.74, 6) is -2.41. The van der Waals surface area contributed by atoms with Gasteiger partial charge in [0.2, 0.25) is 11.8 Å². The Bertz CT molecular complexity index is 549. The quantitative estimate of drug-likeness (QED) is 0.915. The molecule has 2 aliphatic rings. The summed E-state index contributed by atoms with van der Waals surface area (Å²) in [6.07, 6.45) is 6.55. The maximum absolute atomic E-state index is 13.1. The number of alkyl halides is 2. The van der Waals surface area contributed by atoms with Crippen LogP contribution in [-0.2, 0) is 16.1 Å². The van der Waals surface area contributed by atoms with Crippen LogP contribution in [-0.4, -0.2) is 28.4 Å². The molecule has 1 unspecified atom stereocenters. The normalized spacial score (nSPS) is 24.5. The molecule has 3 rings (SSSR count). The van der Waals surface area contributed by atoms with Gasteiger partial charge in [0, 0.05) is 49.9 Å². The van der Waals surface area contributed by atoms with Crippen molar-refractivity contribution in [3.63, 3.8) is 0 Å². The van der Waals surface area contributed by atoms with E-state index in [1.54, 1.807) is 12.4 Å². The predicted octanol–water partition coefficient (Wildman–Crippen LogP) is 3.16. The third-order valence-electron chi connectivity index (χ3n) is 4.75. The van der Waals surface area contributed by atoms with Gasteiger partial charge in [-0.1, -0.05) is 0 Å². The molecule has 0 aromatic carbocycles. The lowest BCUT2D eigenvalue weighted by molar-refractivity contribution is -0.129. The molecule has 1 aliphatic heterocycles. The van der Waals surface area contributed by atoms with Gasteiger partial charge >= 0.3 is 0 Å². The van der Waals surface area contributed by atoms with Crippen LogP contribution in [0.2, 0.25) is 0 Å². The SMILES string of the molecule is O=C(NCc1cnc(C2CCCCO2)nc1)C1CCC(F)(F)CC1. The van der Waals surface area contributed by atoms with Crippen molar-refractivity contribution >= 4 is 5.91 Å². The third kappa shape index (κ3) is 4.47. The van der Waals surface area contributed by atoms with Gasteiger partial charge in [-0.2, -0.15) is 0 Å². The molecule has 5 nitrogen and oxygen atoms in total. The average molecular weight is 339 g/mol. The summed E-state index contributed by atoms with van der Waals surface area (Å²) < 4.78 is 31.9. The molecule has 0 radical (unpaired) electrons. The van der Waals surface area contributed by atoms with Crippen LogP contribution in [0.1, 0.15) is 62.4 Å². The largest absolute Gasteiger partial charge is 0.370 e. The number of aromatic nitrogens is 2. The first-order valence-electron chi connectivity index (χ1n) is 8.61. The van der Waals surface area contributed by atoms with Gasteiger partial charge in [0.1, 0.15) is 6.10 Å². The van der Waals surface area contributed by atoms with Gasteiger partial charge in [-0.15, -0.1) is 0 Å². The highest BCUT2D eigenvalue weighted by Gasteiger charge is 2.37. The van der Waals surface area contributed by atoms with Crippen LogP contribution in [0.5, 0.6) is 0 Å². The molecule has 0 bridgehead atoms. The number of carbonyl (C=O) groups is 1. The lowest BCUT2D eigenvalue weighted by Gasteiger charge is -2.27. The summed E-state index contributed by atoms with van der Waals surface area (Å²) in [7, 11) is 0. The minimum absolute atomic E-state index is 0.0358. The van der Waals surface area contributed by atoms with E-state index in [-0.39, 0.29) is 43.6 Å². The fourth-order valence-electron chi connectivity index (χ4n) is 3.20. The third-order valence-corrected chi connectivity index (χ3v) is 4.75. The van der Waals surface area contributed by atoms with Crippen LogP contribution in [0.4, 0.5) is 8.78 Å². The number of hydrogen-bond donors (Lipinski definition) is 1. The Balaban J connectivity index is 1.47. The zero-order chi connectivity index (χ0) is 17.0. The first-order valence-corrected chi connectivity index (χ1v) is 8.61. The van der Waals surface area contributed by atoms with Crippen molar-refractivity contribution in [2.45, 2.75) is 63.5 Å². The highest BCUT2D eigenvalue weighted by atomic mass is 19.3. The molecule has 1 saturated heterocycles. The summed E-state index contributed by atoms with van der Waals surface area (Å²) in [5, 5.41) is 2.80. The van der Waals surface area contributed by atoms with Crippen LogP contribution in [0, 0.1) is 5.92 Å². The van der Waals surface area contributed by atoms with Crippen LogP contribution in [0.3, 0.4) is 0 Å². The second-order valence-corrected chi connectivity index (χ2v) is 6.65. The number of ether oxygens (including phenoxy) is 1. The van der Waals surface area contributed by atoms with Crippen molar-refractivity contribution in [2.75, 3.05) is 6.61 Å². The van der Waals surface area contributed by atoms with Crippen molar-refractivity contribution in [1.29, 1.82) is 0 Å². The van der Waals surface area contributed by atoms with E-state index in [0.29, 0.717) is 12.4 Å². The standard InChI is InChI=1S/C17H23F2N3O2/c18-17(19)6-4-13(5-7-17)16(23)22-11-12-9-20-15(21-10-12)14-3-1-2-8-24-14/h9-10,13-14H,1-8,11H2,(H,22,23). The van der Waals surface area contributed by atoms with E-state index in [4.69, 9.17) is 4.74 Å². The van der Waals surface area contributed by atoms with Crippen molar-refractivity contribution in [1.82, 2.24) is 15.3 Å². The Kier molecular flexibility index (Phi) is 5.38. The Labute approximate surface area is 140 Å². The number of hydrogen-bond acceptors (Lipinski definition) is 4. The van der Waals surface area contributed by atoms with Gasteiger partial charge < -0.3 is 10.1 Å². The maximum Gasteiger partial charge on any atom is 0.248 e. The van der Waals surface area contributed by atoms with Gasteiger partial charge in [-0.25, -0.2) is 18.7 Å². The Morgan fingerprint density at radius 2 is 1.92 bits per heavy atom. The molecule has 2 heterocycles. The molecule has 1 aromatic rings. The zero-order valence-electron chi connectivity index (χ0n) is 13.6. The fourth-order valence-corrected chi connectivity index (χ4v) is 3.20. The molecule has 1 atom stereocenters. The zero-order valence-corrected chi connectivity index (χ0v) is 13.6. The van der Waals surface area contributed by atoms with Crippen molar-refractivity contribution in [2.24, 2.45) is 5.92 Å². The van der Waals surface area contributed by atoms with Crippen molar-refractivity contribution in [3.8, 4) is 0 Å².